The van der Waals surface area contributed by atoms with Gasteiger partial charge < -0.3 is 10.2 Å². The Labute approximate surface area is 148 Å². The first-order valence-electron chi connectivity index (χ1n) is 9.14. The van der Waals surface area contributed by atoms with Crippen LogP contribution in [-0.4, -0.2) is 34.4 Å². The van der Waals surface area contributed by atoms with Gasteiger partial charge in [-0.15, -0.1) is 0 Å². The molecule has 25 heavy (non-hydrogen) atoms. The van der Waals surface area contributed by atoms with Gasteiger partial charge in [0.25, 0.3) is 0 Å². The minimum absolute atomic E-state index is 0.0160. The summed E-state index contributed by atoms with van der Waals surface area (Å²) in [5, 5.41) is 20.4. The molecule has 0 heterocycles. The van der Waals surface area contributed by atoms with Crippen LogP contribution in [-0.2, 0) is 14.4 Å². The predicted molar refractivity (Wildman–Crippen MR) is 91.8 cm³/mol. The Morgan fingerprint density at radius 2 is 1.80 bits per heavy atom. The van der Waals surface area contributed by atoms with E-state index in [4.69, 9.17) is 0 Å². The number of Topliss-reactive ketones (excluding diaryl/α,β-unsaturated/α-hetero) is 1. The minimum atomic E-state index is -1.19. The maximum Gasteiger partial charge on any atom is 0.312 e. The van der Waals surface area contributed by atoms with E-state index < -0.39 is 17.5 Å². The summed E-state index contributed by atoms with van der Waals surface area (Å²) in [5.74, 6) is -1.09. The van der Waals surface area contributed by atoms with Crippen molar-refractivity contribution in [2.75, 3.05) is 0 Å². The number of aliphatic hydroxyl groups is 1. The second-order valence-corrected chi connectivity index (χ2v) is 9.01. The standard InChI is InChI=1S/C20H28O5/c1-11(10-21)16-12(22)9-14-18(2)8-6-15(23)20(4,17(24)25)13(18)5-7-19(14,16)3/h10,13-15,23H,5-9H2,1-4H3,(H,24,25)/b16-11-/t13-,14+,15+,18+,19+,20-/m1/s1. The molecule has 3 aliphatic carbocycles. The average molecular weight is 348 g/mol. The van der Waals surface area contributed by atoms with E-state index in [1.807, 2.05) is 0 Å². The SMILES string of the molecule is C/C(C=O)=C1\C(=O)C[C@H]2[C@@]3(C)CC[C@H](O)[C@](C)(C(=O)O)[C@@H]3CC[C@]12C. The van der Waals surface area contributed by atoms with Gasteiger partial charge >= 0.3 is 5.97 Å². The minimum Gasteiger partial charge on any atom is -0.481 e. The van der Waals surface area contributed by atoms with Crippen LogP contribution >= 0.6 is 0 Å². The summed E-state index contributed by atoms with van der Waals surface area (Å²) in [6.07, 6.45) is 2.74. The lowest BCUT2D eigenvalue weighted by Gasteiger charge is -2.61. The van der Waals surface area contributed by atoms with Gasteiger partial charge in [0, 0.05) is 17.4 Å². The zero-order valence-electron chi connectivity index (χ0n) is 15.5. The van der Waals surface area contributed by atoms with Crippen molar-refractivity contribution >= 4 is 18.0 Å². The number of aldehydes is 1. The van der Waals surface area contributed by atoms with Crippen LogP contribution in [0, 0.1) is 28.1 Å². The second kappa shape index (κ2) is 5.50. The van der Waals surface area contributed by atoms with Crippen LogP contribution in [0.25, 0.3) is 0 Å². The first-order chi connectivity index (χ1) is 11.5. The largest absolute Gasteiger partial charge is 0.481 e. The zero-order chi connectivity index (χ0) is 18.8. The van der Waals surface area contributed by atoms with E-state index in [1.165, 1.54) is 0 Å². The van der Waals surface area contributed by atoms with E-state index in [9.17, 15) is 24.6 Å². The zero-order valence-corrected chi connectivity index (χ0v) is 15.5. The fourth-order valence-electron chi connectivity index (χ4n) is 6.62. The fourth-order valence-corrected chi connectivity index (χ4v) is 6.62. The lowest BCUT2D eigenvalue weighted by atomic mass is 9.43. The number of ketones is 1. The molecule has 0 spiro atoms. The number of carbonyl (C=O) groups excluding carboxylic acids is 2. The quantitative estimate of drug-likeness (QED) is 0.591. The molecule has 3 aliphatic rings. The van der Waals surface area contributed by atoms with Crippen molar-refractivity contribution in [3.05, 3.63) is 11.1 Å². The Morgan fingerprint density at radius 1 is 1.16 bits per heavy atom. The summed E-state index contributed by atoms with van der Waals surface area (Å²) in [5.41, 5.74) is -0.748. The van der Waals surface area contributed by atoms with Crippen molar-refractivity contribution in [1.29, 1.82) is 0 Å². The average Bonchev–Trinajstić information content (AvgIpc) is 2.82. The van der Waals surface area contributed by atoms with Gasteiger partial charge in [-0.25, -0.2) is 0 Å². The number of rotatable bonds is 2. The van der Waals surface area contributed by atoms with E-state index in [-0.39, 0.29) is 28.4 Å². The van der Waals surface area contributed by atoms with E-state index in [0.717, 1.165) is 6.29 Å². The summed E-state index contributed by atoms with van der Waals surface area (Å²) in [7, 11) is 0. The summed E-state index contributed by atoms with van der Waals surface area (Å²) >= 11 is 0. The predicted octanol–water partition coefficient (Wildman–Crippen LogP) is 2.76. The molecule has 0 aromatic carbocycles. The molecular formula is C20H28O5. The molecule has 3 rings (SSSR count). The number of aliphatic carboxylic acids is 1. The number of fused-ring (bicyclic) bond motifs is 3. The Kier molecular flexibility index (Phi) is 4.03. The fraction of sp³-hybridized carbons (Fsp3) is 0.750. The molecule has 0 saturated heterocycles. The Bertz CT molecular complexity index is 680. The molecule has 0 amide bonds. The molecule has 5 nitrogen and oxygen atoms in total. The molecule has 0 aliphatic heterocycles. The van der Waals surface area contributed by atoms with Crippen LogP contribution in [0.5, 0.6) is 0 Å². The van der Waals surface area contributed by atoms with Crippen molar-refractivity contribution in [3.8, 4) is 0 Å². The van der Waals surface area contributed by atoms with Gasteiger partial charge in [-0.05, 0) is 62.4 Å². The van der Waals surface area contributed by atoms with Gasteiger partial charge in [-0.2, -0.15) is 0 Å². The van der Waals surface area contributed by atoms with Crippen LogP contribution in [0.15, 0.2) is 11.1 Å². The topological polar surface area (TPSA) is 91.7 Å². The molecule has 138 valence electrons. The molecule has 0 bridgehead atoms. The van der Waals surface area contributed by atoms with E-state index in [2.05, 4.69) is 13.8 Å². The Morgan fingerprint density at radius 3 is 2.36 bits per heavy atom. The smallest absolute Gasteiger partial charge is 0.312 e. The monoisotopic (exact) mass is 348 g/mol. The normalized spacial score (nSPS) is 48.5. The lowest BCUT2D eigenvalue weighted by molar-refractivity contribution is -0.194. The van der Waals surface area contributed by atoms with Crippen molar-refractivity contribution in [2.45, 2.75) is 65.9 Å². The highest BCUT2D eigenvalue weighted by atomic mass is 16.4. The van der Waals surface area contributed by atoms with Gasteiger partial charge in [0.2, 0.25) is 0 Å². The maximum absolute atomic E-state index is 12.7. The molecule has 6 atom stereocenters. The van der Waals surface area contributed by atoms with Gasteiger partial charge in [0.05, 0.1) is 11.5 Å². The van der Waals surface area contributed by atoms with E-state index in [0.29, 0.717) is 43.3 Å². The van der Waals surface area contributed by atoms with Crippen LogP contribution in [0.4, 0.5) is 0 Å². The molecule has 0 unspecified atom stereocenters. The van der Waals surface area contributed by atoms with Gasteiger partial charge in [-0.1, -0.05) is 13.8 Å². The third-order valence-corrected chi connectivity index (χ3v) is 7.96. The van der Waals surface area contributed by atoms with Gasteiger partial charge in [-0.3, -0.25) is 14.4 Å². The molecule has 2 N–H and O–H groups in total. The number of hydrogen-bond donors (Lipinski definition) is 2. The first kappa shape index (κ1) is 18.3. The van der Waals surface area contributed by atoms with E-state index in [1.54, 1.807) is 13.8 Å². The molecule has 0 radical (unpaired) electrons. The van der Waals surface area contributed by atoms with Gasteiger partial charge in [0.1, 0.15) is 6.29 Å². The summed E-state index contributed by atoms with van der Waals surface area (Å²) in [6, 6.07) is 0. The summed E-state index contributed by atoms with van der Waals surface area (Å²) in [4.78, 5) is 36.1. The molecular weight excluding hydrogens is 320 g/mol. The number of allylic oxidation sites excluding steroid dienone is 2. The van der Waals surface area contributed by atoms with Crippen LogP contribution in [0.3, 0.4) is 0 Å². The van der Waals surface area contributed by atoms with Crippen molar-refractivity contribution in [3.63, 3.8) is 0 Å². The molecule has 3 saturated carbocycles. The second-order valence-electron chi connectivity index (χ2n) is 9.01. The Hall–Kier alpha value is -1.49. The number of hydrogen-bond acceptors (Lipinski definition) is 4. The van der Waals surface area contributed by atoms with Crippen molar-refractivity contribution in [1.82, 2.24) is 0 Å². The number of carboxylic acid groups (broad SMARTS) is 1. The number of carboxylic acids is 1. The van der Waals surface area contributed by atoms with Crippen molar-refractivity contribution < 1.29 is 24.6 Å². The lowest BCUT2D eigenvalue weighted by Crippen LogP contribution is -2.61. The highest BCUT2D eigenvalue weighted by Gasteiger charge is 2.67. The summed E-state index contributed by atoms with van der Waals surface area (Å²) in [6.45, 7) is 7.53. The maximum atomic E-state index is 12.7. The molecule has 5 heteroatoms. The van der Waals surface area contributed by atoms with Crippen LogP contribution in [0.1, 0.15) is 59.8 Å². The highest BCUT2D eigenvalue weighted by molar-refractivity contribution is 6.04. The third kappa shape index (κ3) is 2.14. The highest BCUT2D eigenvalue weighted by Crippen LogP contribution is 2.69. The number of aliphatic hydroxyl groups excluding tert-OH is 1. The molecule has 3 fully saturated rings. The Balaban J connectivity index is 2.12. The number of carbonyl (C=O) groups is 3. The molecule has 0 aromatic rings. The van der Waals surface area contributed by atoms with Gasteiger partial charge in [0.15, 0.2) is 5.78 Å². The third-order valence-electron chi connectivity index (χ3n) is 7.96. The van der Waals surface area contributed by atoms with E-state index >= 15 is 0 Å². The first-order valence-corrected chi connectivity index (χ1v) is 9.14. The van der Waals surface area contributed by atoms with Crippen LogP contribution < -0.4 is 0 Å². The summed E-state index contributed by atoms with van der Waals surface area (Å²) < 4.78 is 0. The van der Waals surface area contributed by atoms with Crippen molar-refractivity contribution in [2.24, 2.45) is 28.1 Å². The van der Waals surface area contributed by atoms with Crippen LogP contribution in [0.2, 0.25) is 0 Å². The molecule has 0 aromatic heterocycles.